The minimum absolute atomic E-state index is 0.596. The maximum atomic E-state index is 6.00. The fraction of sp³-hybridized carbons (Fsp3) is 0.214. The Labute approximate surface area is 110 Å². The van der Waals surface area contributed by atoms with Crippen LogP contribution in [0, 0.1) is 0 Å². The molecule has 0 fully saturated rings. The molecular formula is C14H15N3S. The molecule has 2 aromatic rings. The van der Waals surface area contributed by atoms with Crippen molar-refractivity contribution < 1.29 is 0 Å². The highest BCUT2D eigenvalue weighted by atomic mass is 32.1. The minimum Gasteiger partial charge on any atom is -0.383 e. The molecular weight excluding hydrogens is 242 g/mol. The van der Waals surface area contributed by atoms with Gasteiger partial charge in [-0.15, -0.1) is 11.3 Å². The van der Waals surface area contributed by atoms with Gasteiger partial charge in [0.1, 0.15) is 5.84 Å². The Morgan fingerprint density at radius 2 is 2.22 bits per heavy atom. The van der Waals surface area contributed by atoms with E-state index in [1.165, 1.54) is 11.1 Å². The number of nitrogens with one attached hydrogen (secondary N) is 1. The molecule has 3 nitrogen and oxygen atoms in total. The van der Waals surface area contributed by atoms with E-state index in [9.17, 15) is 0 Å². The Kier molecular flexibility index (Phi) is 3.13. The second-order valence-corrected chi connectivity index (χ2v) is 5.30. The van der Waals surface area contributed by atoms with Crippen LogP contribution in [-0.4, -0.2) is 12.4 Å². The molecule has 3 N–H and O–H groups in total. The van der Waals surface area contributed by atoms with Crippen molar-refractivity contribution in [3.8, 4) is 0 Å². The number of benzene rings is 1. The Hall–Kier alpha value is -1.65. The van der Waals surface area contributed by atoms with Gasteiger partial charge in [-0.3, -0.25) is 0 Å². The minimum atomic E-state index is 0.596. The van der Waals surface area contributed by atoms with Crippen LogP contribution in [0.15, 0.2) is 40.7 Å². The van der Waals surface area contributed by atoms with Crippen LogP contribution in [-0.2, 0) is 13.0 Å². The van der Waals surface area contributed by atoms with Crippen molar-refractivity contribution in [1.82, 2.24) is 5.32 Å². The van der Waals surface area contributed by atoms with Gasteiger partial charge in [0, 0.05) is 6.54 Å². The number of nitrogens with two attached hydrogens (primary N) is 1. The quantitative estimate of drug-likeness (QED) is 0.641. The Morgan fingerprint density at radius 3 is 3.06 bits per heavy atom. The summed E-state index contributed by atoms with van der Waals surface area (Å²) in [6.45, 7) is 2.00. The van der Waals surface area contributed by atoms with Crippen molar-refractivity contribution in [1.29, 1.82) is 0 Å². The lowest BCUT2D eigenvalue weighted by Crippen LogP contribution is -2.23. The van der Waals surface area contributed by atoms with E-state index in [0.717, 1.165) is 30.1 Å². The Morgan fingerprint density at radius 1 is 1.28 bits per heavy atom. The summed E-state index contributed by atoms with van der Waals surface area (Å²) in [6, 6.07) is 10.3. The van der Waals surface area contributed by atoms with Gasteiger partial charge in [0.15, 0.2) is 0 Å². The van der Waals surface area contributed by atoms with Crippen molar-refractivity contribution in [2.45, 2.75) is 13.0 Å². The van der Waals surface area contributed by atoms with Gasteiger partial charge in [0.2, 0.25) is 0 Å². The number of fused-ring (bicyclic) bond motifs is 1. The third-order valence-corrected chi connectivity index (χ3v) is 3.99. The number of hydrogen-bond donors (Lipinski definition) is 2. The molecule has 1 aromatic carbocycles. The maximum absolute atomic E-state index is 6.00. The van der Waals surface area contributed by atoms with Gasteiger partial charge in [0.25, 0.3) is 0 Å². The summed E-state index contributed by atoms with van der Waals surface area (Å²) in [5.41, 5.74) is 9.70. The van der Waals surface area contributed by atoms with E-state index >= 15 is 0 Å². The summed E-state index contributed by atoms with van der Waals surface area (Å²) in [4.78, 5) is 5.52. The molecule has 0 spiro atoms. The molecule has 0 aliphatic carbocycles. The molecule has 4 heteroatoms. The van der Waals surface area contributed by atoms with Crippen molar-refractivity contribution in [3.05, 3.63) is 51.7 Å². The van der Waals surface area contributed by atoms with E-state index < -0.39 is 0 Å². The number of hydrogen-bond acceptors (Lipinski definition) is 3. The Bertz CT molecular complexity index is 573. The van der Waals surface area contributed by atoms with Crippen molar-refractivity contribution in [2.24, 2.45) is 10.7 Å². The fourth-order valence-electron chi connectivity index (χ4n) is 2.15. The largest absolute Gasteiger partial charge is 0.383 e. The third kappa shape index (κ3) is 2.30. The van der Waals surface area contributed by atoms with Crippen LogP contribution in [0.5, 0.6) is 0 Å². The monoisotopic (exact) mass is 257 g/mol. The lowest BCUT2D eigenvalue weighted by atomic mass is 10.0. The number of aliphatic imine (C=N–C) groups is 1. The summed E-state index contributed by atoms with van der Waals surface area (Å²) in [5, 5.41) is 5.37. The number of rotatable bonds is 2. The van der Waals surface area contributed by atoms with Crippen LogP contribution in [0.2, 0.25) is 0 Å². The predicted molar refractivity (Wildman–Crippen MR) is 76.6 cm³/mol. The number of thiophene rings is 1. The standard InChI is InChI=1S/C14H15N3S/c15-14(13-2-1-7-18-13)17-12-4-3-11-9-16-6-5-10(11)8-12/h1-4,7-8,16H,5-6,9H2,(H2,15,17). The van der Waals surface area contributed by atoms with Crippen LogP contribution < -0.4 is 11.1 Å². The van der Waals surface area contributed by atoms with Crippen LogP contribution in [0.3, 0.4) is 0 Å². The SMILES string of the molecule is NC(=Nc1ccc2c(c1)CCNC2)c1cccs1. The molecule has 3 rings (SSSR count). The van der Waals surface area contributed by atoms with Crippen molar-refractivity contribution in [2.75, 3.05) is 6.54 Å². The van der Waals surface area contributed by atoms with E-state index in [0.29, 0.717) is 5.84 Å². The maximum Gasteiger partial charge on any atom is 0.141 e. The van der Waals surface area contributed by atoms with Crippen LogP contribution in [0.25, 0.3) is 0 Å². The molecule has 18 heavy (non-hydrogen) atoms. The van der Waals surface area contributed by atoms with E-state index in [1.54, 1.807) is 11.3 Å². The van der Waals surface area contributed by atoms with Crippen molar-refractivity contribution >= 4 is 22.9 Å². The van der Waals surface area contributed by atoms with Gasteiger partial charge in [-0.05, 0) is 47.7 Å². The Balaban J connectivity index is 1.91. The summed E-state index contributed by atoms with van der Waals surface area (Å²) >= 11 is 1.61. The topological polar surface area (TPSA) is 50.4 Å². The van der Waals surface area contributed by atoms with E-state index in [-0.39, 0.29) is 0 Å². The highest BCUT2D eigenvalue weighted by Crippen LogP contribution is 2.22. The van der Waals surface area contributed by atoms with Gasteiger partial charge in [-0.25, -0.2) is 4.99 Å². The molecule has 0 saturated heterocycles. The van der Waals surface area contributed by atoms with Gasteiger partial charge in [0.05, 0.1) is 10.6 Å². The lowest BCUT2D eigenvalue weighted by Gasteiger charge is -2.16. The van der Waals surface area contributed by atoms with Crippen LogP contribution in [0.1, 0.15) is 16.0 Å². The van der Waals surface area contributed by atoms with Gasteiger partial charge in [-0.1, -0.05) is 12.1 Å². The second kappa shape index (κ2) is 4.92. The van der Waals surface area contributed by atoms with Crippen LogP contribution >= 0.6 is 11.3 Å². The molecule has 1 aromatic heterocycles. The zero-order chi connectivity index (χ0) is 12.4. The molecule has 0 radical (unpaired) electrons. The smallest absolute Gasteiger partial charge is 0.141 e. The zero-order valence-corrected chi connectivity index (χ0v) is 10.8. The molecule has 0 atom stereocenters. The number of amidine groups is 1. The number of nitrogens with zero attached hydrogens (tertiary/aromatic N) is 1. The lowest BCUT2D eigenvalue weighted by molar-refractivity contribution is 0.644. The predicted octanol–water partition coefficient (Wildman–Crippen LogP) is 2.43. The molecule has 92 valence electrons. The summed E-state index contributed by atoms with van der Waals surface area (Å²) in [7, 11) is 0. The summed E-state index contributed by atoms with van der Waals surface area (Å²) in [6.07, 6.45) is 1.07. The first-order chi connectivity index (χ1) is 8.83. The molecule has 0 amide bonds. The fourth-order valence-corrected chi connectivity index (χ4v) is 2.78. The molecule has 0 bridgehead atoms. The van der Waals surface area contributed by atoms with E-state index in [4.69, 9.17) is 5.73 Å². The third-order valence-electron chi connectivity index (χ3n) is 3.10. The first kappa shape index (κ1) is 11.4. The average molecular weight is 257 g/mol. The first-order valence-electron chi connectivity index (χ1n) is 6.03. The highest BCUT2D eigenvalue weighted by molar-refractivity contribution is 7.12. The average Bonchev–Trinajstić information content (AvgIpc) is 2.92. The van der Waals surface area contributed by atoms with E-state index in [2.05, 4.69) is 22.4 Å². The molecule has 2 heterocycles. The van der Waals surface area contributed by atoms with E-state index in [1.807, 2.05) is 23.6 Å². The van der Waals surface area contributed by atoms with Crippen molar-refractivity contribution in [3.63, 3.8) is 0 Å². The molecule has 1 aliphatic heterocycles. The molecule has 1 aliphatic rings. The second-order valence-electron chi connectivity index (χ2n) is 4.35. The first-order valence-corrected chi connectivity index (χ1v) is 6.91. The zero-order valence-electron chi connectivity index (χ0n) is 10.0. The van der Waals surface area contributed by atoms with Gasteiger partial charge in [-0.2, -0.15) is 0 Å². The summed E-state index contributed by atoms with van der Waals surface area (Å²) in [5.74, 6) is 0.596. The highest BCUT2D eigenvalue weighted by Gasteiger charge is 2.09. The summed E-state index contributed by atoms with van der Waals surface area (Å²) < 4.78 is 0. The molecule has 0 unspecified atom stereocenters. The van der Waals surface area contributed by atoms with Gasteiger partial charge < -0.3 is 11.1 Å². The molecule has 0 saturated carbocycles. The normalized spacial score (nSPS) is 15.4. The van der Waals surface area contributed by atoms with Crippen LogP contribution in [0.4, 0.5) is 5.69 Å². The van der Waals surface area contributed by atoms with Gasteiger partial charge >= 0.3 is 0 Å².